The average Bonchev–Trinajstić information content (AvgIpc) is 3.31. The first-order chi connectivity index (χ1) is 18.2. The first-order valence-corrected chi connectivity index (χ1v) is 13.6. The van der Waals surface area contributed by atoms with Crippen LogP contribution in [0.5, 0.6) is 0 Å². The lowest BCUT2D eigenvalue weighted by atomic mass is 9.97. The van der Waals surface area contributed by atoms with Crippen molar-refractivity contribution in [2.75, 3.05) is 11.9 Å². The normalized spacial score (nSPS) is 11.6. The number of pyridine rings is 1. The molecule has 0 unspecified atom stereocenters. The van der Waals surface area contributed by atoms with Gasteiger partial charge < -0.3 is 5.32 Å². The molecule has 0 atom stereocenters. The lowest BCUT2D eigenvalue weighted by Gasteiger charge is -2.18. The molecule has 0 amide bonds. The zero-order valence-electron chi connectivity index (χ0n) is 24.9. The monoisotopic (exact) mass is 514 g/mol. The molecule has 3 aromatic rings. The summed E-state index contributed by atoms with van der Waals surface area (Å²) in [5, 5.41) is 11.0. The van der Waals surface area contributed by atoms with Gasteiger partial charge in [-0.15, -0.1) is 0 Å². The molecule has 0 bridgehead atoms. The van der Waals surface area contributed by atoms with Crippen molar-refractivity contribution in [2.24, 2.45) is 5.41 Å². The van der Waals surface area contributed by atoms with Crippen LogP contribution in [0.4, 0.5) is 5.95 Å². The number of nitrogens with zero attached hydrogens (tertiary/aromatic N) is 5. The number of hydrogen-bond donors (Lipinski definition) is 1. The van der Waals surface area contributed by atoms with Crippen LogP contribution in [-0.2, 0) is 6.42 Å². The summed E-state index contributed by atoms with van der Waals surface area (Å²) in [6.07, 6.45) is 12.6. The van der Waals surface area contributed by atoms with Crippen LogP contribution >= 0.6 is 0 Å². The Morgan fingerprint density at radius 2 is 1.82 bits per heavy atom. The van der Waals surface area contributed by atoms with E-state index in [1.165, 1.54) is 11.1 Å². The van der Waals surface area contributed by atoms with E-state index in [0.717, 1.165) is 47.7 Å². The summed E-state index contributed by atoms with van der Waals surface area (Å²) in [7, 11) is 0. The van der Waals surface area contributed by atoms with Crippen LogP contribution in [0.1, 0.15) is 86.4 Å². The van der Waals surface area contributed by atoms with E-state index in [0.29, 0.717) is 12.4 Å². The summed E-state index contributed by atoms with van der Waals surface area (Å²) in [6, 6.07) is 8.15. The molecule has 0 saturated carbocycles. The first kappa shape index (κ1) is 32.3. The van der Waals surface area contributed by atoms with Crippen LogP contribution in [-0.4, -0.2) is 25.9 Å². The van der Waals surface area contributed by atoms with Gasteiger partial charge in [0.25, 0.3) is 0 Å². The molecule has 0 spiro atoms. The third kappa shape index (κ3) is 9.63. The fraction of sp³-hybridized carbons (Fsp3) is 0.438. The van der Waals surface area contributed by atoms with Crippen molar-refractivity contribution in [3.8, 4) is 17.5 Å². The second-order valence-corrected chi connectivity index (χ2v) is 9.81. The Hall–Kier alpha value is -3.72. The topological polar surface area (TPSA) is 78.9 Å². The number of allylic oxidation sites excluding steroid dienone is 5. The molecule has 3 rings (SSSR count). The van der Waals surface area contributed by atoms with Crippen LogP contribution in [0.15, 0.2) is 61.0 Å². The predicted molar refractivity (Wildman–Crippen MR) is 163 cm³/mol. The molecule has 0 aromatic carbocycles. The van der Waals surface area contributed by atoms with Gasteiger partial charge in [-0.2, -0.15) is 5.26 Å². The Kier molecular flexibility index (Phi) is 13.8. The number of aromatic nitrogens is 4. The van der Waals surface area contributed by atoms with Crippen molar-refractivity contribution >= 4 is 17.2 Å². The second kappa shape index (κ2) is 16.2. The van der Waals surface area contributed by atoms with E-state index >= 15 is 0 Å². The fourth-order valence-corrected chi connectivity index (χ4v) is 3.27. The summed E-state index contributed by atoms with van der Waals surface area (Å²) in [5.74, 6) is 0.620. The van der Waals surface area contributed by atoms with Gasteiger partial charge in [0.2, 0.25) is 5.95 Å². The molecule has 38 heavy (non-hydrogen) atoms. The number of nitriles is 1. The van der Waals surface area contributed by atoms with E-state index in [1.54, 1.807) is 6.20 Å². The third-order valence-electron chi connectivity index (χ3n) is 5.53. The van der Waals surface area contributed by atoms with E-state index in [2.05, 4.69) is 93.3 Å². The highest BCUT2D eigenvalue weighted by molar-refractivity contribution is 5.84. The summed E-state index contributed by atoms with van der Waals surface area (Å²) < 4.78 is 2.11. The van der Waals surface area contributed by atoms with E-state index in [-0.39, 0.29) is 5.41 Å². The molecule has 6 nitrogen and oxygen atoms in total. The first-order valence-electron chi connectivity index (χ1n) is 13.6. The van der Waals surface area contributed by atoms with Crippen LogP contribution in [0, 0.1) is 16.7 Å². The zero-order valence-corrected chi connectivity index (χ0v) is 24.9. The lowest BCUT2D eigenvalue weighted by molar-refractivity contribution is 0.442. The smallest absolute Gasteiger partial charge is 0.223 e. The van der Waals surface area contributed by atoms with Gasteiger partial charge >= 0.3 is 0 Å². The van der Waals surface area contributed by atoms with Crippen LogP contribution < -0.4 is 5.32 Å². The maximum atomic E-state index is 7.62. The Labute approximate surface area is 230 Å². The molecule has 0 saturated heterocycles. The van der Waals surface area contributed by atoms with Gasteiger partial charge in [-0.05, 0) is 48.9 Å². The SMILES string of the molecule is C=C/C(=C\C=C(\C)CC)c1nc2cc(CC)ccn2c1-c1ccnc(NCC(C)(C)C)n1.CC.CCC#N. The van der Waals surface area contributed by atoms with Gasteiger partial charge in [-0.1, -0.05) is 85.8 Å². The number of fused-ring (bicyclic) bond motifs is 1. The van der Waals surface area contributed by atoms with Gasteiger partial charge in [0.1, 0.15) is 5.65 Å². The second-order valence-electron chi connectivity index (χ2n) is 9.81. The Morgan fingerprint density at radius 3 is 2.37 bits per heavy atom. The van der Waals surface area contributed by atoms with Gasteiger partial charge in [0.15, 0.2) is 0 Å². The molecule has 3 aromatic heterocycles. The maximum Gasteiger partial charge on any atom is 0.223 e. The summed E-state index contributed by atoms with van der Waals surface area (Å²) >= 11 is 0. The van der Waals surface area contributed by atoms with E-state index in [1.807, 2.05) is 39.0 Å². The van der Waals surface area contributed by atoms with Gasteiger partial charge in [0.05, 0.1) is 23.2 Å². The van der Waals surface area contributed by atoms with Crippen LogP contribution in [0.2, 0.25) is 0 Å². The lowest BCUT2D eigenvalue weighted by Crippen LogP contribution is -2.20. The predicted octanol–water partition coefficient (Wildman–Crippen LogP) is 8.68. The molecule has 3 heterocycles. The number of nitrogens with one attached hydrogen (secondary N) is 1. The highest BCUT2D eigenvalue weighted by Crippen LogP contribution is 2.30. The van der Waals surface area contributed by atoms with Crippen molar-refractivity contribution in [2.45, 2.75) is 81.6 Å². The molecular weight excluding hydrogens is 468 g/mol. The standard InChI is InChI=1S/C27H35N5.C3H5N.C2H6/c1-8-19(4)11-12-21(10-3)24-25(32-16-14-20(9-2)17-23(32)31-24)22-13-15-28-26(30-22)29-18-27(5,6)7;1-2-3-4;1-2/h10-17H,3,8-9,18H2,1-2,4-7H3,(H,28,29,30);2H2,1H3;1-2H3/b19-11-,21-12+;;. The van der Waals surface area contributed by atoms with Gasteiger partial charge in [-0.3, -0.25) is 4.40 Å². The Morgan fingerprint density at radius 1 is 1.13 bits per heavy atom. The number of aryl methyl sites for hydroxylation is 1. The van der Waals surface area contributed by atoms with E-state index in [9.17, 15) is 0 Å². The van der Waals surface area contributed by atoms with Crippen molar-refractivity contribution in [3.63, 3.8) is 0 Å². The van der Waals surface area contributed by atoms with E-state index in [4.69, 9.17) is 15.2 Å². The third-order valence-corrected chi connectivity index (χ3v) is 5.53. The summed E-state index contributed by atoms with van der Waals surface area (Å²) in [4.78, 5) is 14.3. The molecule has 204 valence electrons. The van der Waals surface area contributed by atoms with E-state index < -0.39 is 0 Å². The number of hydrogen-bond acceptors (Lipinski definition) is 5. The van der Waals surface area contributed by atoms with Crippen molar-refractivity contribution in [3.05, 3.63) is 72.2 Å². The number of anilines is 1. The minimum Gasteiger partial charge on any atom is -0.354 e. The molecule has 0 aliphatic heterocycles. The number of imidazole rings is 1. The summed E-state index contributed by atoms with van der Waals surface area (Å²) in [6.45, 7) is 23.7. The highest BCUT2D eigenvalue weighted by atomic mass is 15.1. The molecule has 6 heteroatoms. The van der Waals surface area contributed by atoms with Crippen molar-refractivity contribution in [1.29, 1.82) is 5.26 Å². The number of rotatable bonds is 8. The molecule has 0 fully saturated rings. The average molecular weight is 515 g/mol. The largest absolute Gasteiger partial charge is 0.354 e. The van der Waals surface area contributed by atoms with Crippen molar-refractivity contribution < 1.29 is 0 Å². The van der Waals surface area contributed by atoms with Crippen LogP contribution in [0.25, 0.3) is 22.6 Å². The minimum atomic E-state index is 0.132. The Bertz CT molecular complexity index is 1270. The van der Waals surface area contributed by atoms with Gasteiger partial charge in [-0.25, -0.2) is 15.0 Å². The van der Waals surface area contributed by atoms with Gasteiger partial charge in [0, 0.05) is 30.9 Å². The Balaban J connectivity index is 0.00000110. The highest BCUT2D eigenvalue weighted by Gasteiger charge is 2.19. The molecule has 0 radical (unpaired) electrons. The molecule has 0 aliphatic rings. The molecule has 0 aliphatic carbocycles. The summed E-state index contributed by atoms with van der Waals surface area (Å²) in [5.41, 5.74) is 7.20. The quantitative estimate of drug-likeness (QED) is 0.304. The molecule has 1 N–H and O–H groups in total. The maximum absolute atomic E-state index is 7.62. The van der Waals surface area contributed by atoms with Crippen molar-refractivity contribution in [1.82, 2.24) is 19.4 Å². The van der Waals surface area contributed by atoms with Crippen LogP contribution in [0.3, 0.4) is 0 Å². The minimum absolute atomic E-state index is 0.132. The fourth-order valence-electron chi connectivity index (χ4n) is 3.27. The molecular formula is C32H46N6. The zero-order chi connectivity index (χ0) is 28.7.